The van der Waals surface area contributed by atoms with E-state index in [1.165, 1.54) is 5.56 Å². The molecule has 0 spiro atoms. The van der Waals surface area contributed by atoms with Gasteiger partial charge < -0.3 is 9.22 Å². The van der Waals surface area contributed by atoms with E-state index in [-0.39, 0.29) is 11.1 Å². The van der Waals surface area contributed by atoms with Crippen LogP contribution < -0.4 is 0 Å². The fraction of sp³-hybridized carbons (Fsp3) is 0.632. The largest absolute Gasteiger partial charge is 0.414 e. The molecule has 0 saturated heterocycles. The first-order chi connectivity index (χ1) is 10.3. The van der Waals surface area contributed by atoms with Gasteiger partial charge >= 0.3 is 0 Å². The highest BCUT2D eigenvalue weighted by atomic mass is 28.4. The molecule has 0 aliphatic rings. The third-order valence-corrected chi connectivity index (χ3v) is 9.25. The Labute approximate surface area is 137 Å². The first-order valence-corrected chi connectivity index (χ1v) is 11.3. The van der Waals surface area contributed by atoms with Gasteiger partial charge in [-0.2, -0.15) is 0 Å². The van der Waals surface area contributed by atoms with Crippen LogP contribution in [0.1, 0.15) is 52.0 Å². The summed E-state index contributed by atoms with van der Waals surface area (Å²) in [4.78, 5) is 10.9. The highest BCUT2D eigenvalue weighted by molar-refractivity contribution is 6.74. The highest BCUT2D eigenvalue weighted by Gasteiger charge is 2.38. The van der Waals surface area contributed by atoms with Gasteiger partial charge in [-0.1, -0.05) is 57.5 Å². The lowest BCUT2D eigenvalue weighted by atomic mass is 10.0. The fourth-order valence-corrected chi connectivity index (χ4v) is 3.67. The molecule has 0 heterocycles. The number of rotatable bonds is 9. The standard InChI is InChI=1S/C19H32O2Si/c1-19(2,3)22(4,5)21-18(15-16-20)14-10-9-13-17-11-7-6-8-12-17/h6-8,11-12,16,18H,9-10,13-15H2,1-5H3/t18-/m1/s1. The molecule has 1 aromatic rings. The Balaban J connectivity index is 2.42. The summed E-state index contributed by atoms with van der Waals surface area (Å²) < 4.78 is 6.40. The first-order valence-electron chi connectivity index (χ1n) is 8.41. The van der Waals surface area contributed by atoms with E-state index in [0.717, 1.165) is 32.0 Å². The lowest BCUT2D eigenvalue weighted by Gasteiger charge is -2.39. The maximum absolute atomic E-state index is 10.9. The molecule has 0 radical (unpaired) electrons. The molecule has 0 amide bonds. The van der Waals surface area contributed by atoms with E-state index in [4.69, 9.17) is 4.43 Å². The van der Waals surface area contributed by atoms with Crippen molar-refractivity contribution < 1.29 is 9.22 Å². The van der Waals surface area contributed by atoms with E-state index in [1.54, 1.807) is 0 Å². The summed E-state index contributed by atoms with van der Waals surface area (Å²) in [6, 6.07) is 10.6. The van der Waals surface area contributed by atoms with Crippen molar-refractivity contribution in [2.24, 2.45) is 0 Å². The summed E-state index contributed by atoms with van der Waals surface area (Å²) in [5.74, 6) is 0. The van der Waals surface area contributed by atoms with E-state index in [2.05, 4.69) is 64.2 Å². The van der Waals surface area contributed by atoms with Gasteiger partial charge in [0.15, 0.2) is 8.32 Å². The summed E-state index contributed by atoms with van der Waals surface area (Å²) in [5, 5.41) is 0.193. The zero-order valence-corrected chi connectivity index (χ0v) is 15.9. The third kappa shape index (κ3) is 6.45. The van der Waals surface area contributed by atoms with Crippen molar-refractivity contribution in [1.29, 1.82) is 0 Å². The predicted octanol–water partition coefficient (Wildman–Crippen LogP) is 5.38. The minimum atomic E-state index is -1.79. The molecular formula is C19H32O2Si. The van der Waals surface area contributed by atoms with Crippen LogP contribution in [0.15, 0.2) is 30.3 Å². The molecule has 22 heavy (non-hydrogen) atoms. The van der Waals surface area contributed by atoms with Gasteiger partial charge in [0.25, 0.3) is 0 Å². The van der Waals surface area contributed by atoms with Crippen LogP contribution in [0.5, 0.6) is 0 Å². The lowest BCUT2D eigenvalue weighted by Crippen LogP contribution is -2.44. The fourth-order valence-electron chi connectivity index (χ4n) is 2.27. The molecule has 0 bridgehead atoms. The van der Waals surface area contributed by atoms with Crippen molar-refractivity contribution in [1.82, 2.24) is 0 Å². The summed E-state index contributed by atoms with van der Waals surface area (Å²) >= 11 is 0. The molecule has 0 unspecified atom stereocenters. The van der Waals surface area contributed by atoms with Crippen molar-refractivity contribution in [2.75, 3.05) is 0 Å². The molecule has 0 fully saturated rings. The summed E-state index contributed by atoms with van der Waals surface area (Å²) in [6.45, 7) is 11.2. The Kier molecular flexibility index (Phi) is 7.50. The van der Waals surface area contributed by atoms with E-state index < -0.39 is 8.32 Å². The topological polar surface area (TPSA) is 26.3 Å². The molecule has 0 aliphatic carbocycles. The molecular weight excluding hydrogens is 288 g/mol. The van der Waals surface area contributed by atoms with Crippen LogP contribution in [0.25, 0.3) is 0 Å². The van der Waals surface area contributed by atoms with Gasteiger partial charge in [-0.25, -0.2) is 0 Å². The van der Waals surface area contributed by atoms with Gasteiger partial charge in [0.05, 0.1) is 6.10 Å². The monoisotopic (exact) mass is 320 g/mol. The summed E-state index contributed by atoms with van der Waals surface area (Å²) in [7, 11) is -1.79. The second-order valence-corrected chi connectivity index (χ2v) is 12.4. The Morgan fingerprint density at radius 1 is 1.14 bits per heavy atom. The van der Waals surface area contributed by atoms with Crippen molar-refractivity contribution in [3.8, 4) is 0 Å². The van der Waals surface area contributed by atoms with Crippen LogP contribution in [0, 0.1) is 0 Å². The molecule has 124 valence electrons. The van der Waals surface area contributed by atoms with E-state index >= 15 is 0 Å². The maximum atomic E-state index is 10.9. The normalized spacial score (nSPS) is 13.9. The van der Waals surface area contributed by atoms with Crippen molar-refractivity contribution >= 4 is 14.6 Å². The van der Waals surface area contributed by atoms with E-state index in [9.17, 15) is 4.79 Å². The Morgan fingerprint density at radius 3 is 2.32 bits per heavy atom. The lowest BCUT2D eigenvalue weighted by molar-refractivity contribution is -0.109. The quantitative estimate of drug-likeness (QED) is 0.347. The van der Waals surface area contributed by atoms with Crippen molar-refractivity contribution in [3.63, 3.8) is 0 Å². The SMILES string of the molecule is CC(C)(C)[Si](C)(C)O[C@@H](CC=O)CCCCc1ccccc1. The number of hydrogen-bond donors (Lipinski definition) is 0. The van der Waals surface area contributed by atoms with Gasteiger partial charge in [-0.15, -0.1) is 0 Å². The van der Waals surface area contributed by atoms with E-state index in [1.807, 2.05) is 0 Å². The molecule has 2 nitrogen and oxygen atoms in total. The van der Waals surface area contributed by atoms with E-state index in [0.29, 0.717) is 6.42 Å². The number of carbonyl (C=O) groups is 1. The van der Waals surface area contributed by atoms with Crippen molar-refractivity contribution in [2.45, 2.75) is 77.1 Å². The summed E-state index contributed by atoms with van der Waals surface area (Å²) in [6.07, 6.45) is 5.98. The van der Waals surface area contributed by atoms with Gasteiger partial charge in [0.2, 0.25) is 0 Å². The minimum absolute atomic E-state index is 0.0918. The highest BCUT2D eigenvalue weighted by Crippen LogP contribution is 2.38. The van der Waals surface area contributed by atoms with Crippen LogP contribution in [-0.4, -0.2) is 20.7 Å². The van der Waals surface area contributed by atoms with Gasteiger partial charge in [0, 0.05) is 6.42 Å². The number of hydrogen-bond acceptors (Lipinski definition) is 2. The van der Waals surface area contributed by atoms with Gasteiger partial charge in [-0.05, 0) is 43.0 Å². The smallest absolute Gasteiger partial charge is 0.192 e. The Hall–Kier alpha value is -0.933. The molecule has 0 saturated carbocycles. The van der Waals surface area contributed by atoms with Crippen LogP contribution in [-0.2, 0) is 15.6 Å². The molecule has 1 atom stereocenters. The van der Waals surface area contributed by atoms with Crippen molar-refractivity contribution in [3.05, 3.63) is 35.9 Å². The van der Waals surface area contributed by atoms with Gasteiger partial charge in [-0.3, -0.25) is 0 Å². The molecule has 1 rings (SSSR count). The first kappa shape index (κ1) is 19.1. The van der Waals surface area contributed by atoms with Crippen LogP contribution in [0.3, 0.4) is 0 Å². The average molecular weight is 321 g/mol. The molecule has 1 aromatic carbocycles. The zero-order chi connectivity index (χ0) is 16.6. The second kappa shape index (κ2) is 8.63. The van der Waals surface area contributed by atoms with Gasteiger partial charge in [0.1, 0.15) is 6.29 Å². The average Bonchev–Trinajstić information content (AvgIpc) is 2.43. The number of carbonyl (C=O) groups excluding carboxylic acids is 1. The summed E-state index contributed by atoms with van der Waals surface area (Å²) in [5.41, 5.74) is 1.39. The number of aldehydes is 1. The Bertz CT molecular complexity index is 434. The molecule has 0 aliphatic heterocycles. The van der Waals surface area contributed by atoms with Crippen LogP contribution in [0.4, 0.5) is 0 Å². The van der Waals surface area contributed by atoms with Crippen LogP contribution >= 0.6 is 0 Å². The number of aryl methyl sites for hydroxylation is 1. The van der Waals surface area contributed by atoms with Crippen LogP contribution in [0.2, 0.25) is 18.1 Å². The Morgan fingerprint density at radius 2 is 1.77 bits per heavy atom. The maximum Gasteiger partial charge on any atom is 0.192 e. The molecule has 3 heteroatoms. The third-order valence-electron chi connectivity index (χ3n) is 4.71. The number of unbranched alkanes of at least 4 members (excludes halogenated alkanes) is 1. The number of benzene rings is 1. The molecule has 0 N–H and O–H groups in total. The minimum Gasteiger partial charge on any atom is -0.414 e. The molecule has 0 aromatic heterocycles. The second-order valence-electron chi connectivity index (χ2n) is 7.63. The predicted molar refractivity (Wildman–Crippen MR) is 96.7 cm³/mol. The zero-order valence-electron chi connectivity index (χ0n) is 14.9.